The van der Waals surface area contributed by atoms with E-state index in [4.69, 9.17) is 4.43 Å². The molecule has 0 aromatic carbocycles. The Morgan fingerprint density at radius 2 is 1.64 bits per heavy atom. The molecule has 3 fully saturated rings. The molecule has 4 aliphatic carbocycles. The van der Waals surface area contributed by atoms with Crippen molar-refractivity contribution < 1.29 is 9.53 Å². The van der Waals surface area contributed by atoms with Gasteiger partial charge in [-0.1, -0.05) is 80.4 Å². The number of fused-ring (bicyclic) bond motifs is 5. The van der Waals surface area contributed by atoms with Crippen LogP contribution in [-0.4, -0.2) is 25.6 Å². The van der Waals surface area contributed by atoms with Crippen molar-refractivity contribution in [3.05, 3.63) is 11.6 Å². The maximum Gasteiger partial charge on any atom is 0.200 e. The van der Waals surface area contributed by atoms with Gasteiger partial charge in [-0.2, -0.15) is 0 Å². The van der Waals surface area contributed by atoms with E-state index in [1.165, 1.54) is 38.5 Å². The summed E-state index contributed by atoms with van der Waals surface area (Å²) in [7, 11) is -2.00. The van der Waals surface area contributed by atoms with Gasteiger partial charge in [0.25, 0.3) is 0 Å². The summed E-state index contributed by atoms with van der Waals surface area (Å²) in [6.07, 6.45) is 12.4. The molecule has 0 heterocycles. The molecule has 0 aliphatic heterocycles. The Kier molecular flexibility index (Phi) is 7.14. The van der Waals surface area contributed by atoms with Crippen LogP contribution in [0.1, 0.15) is 114 Å². The van der Waals surface area contributed by atoms with Crippen LogP contribution < -0.4 is 0 Å². The van der Waals surface area contributed by atoms with E-state index in [2.05, 4.69) is 68.4 Å². The minimum absolute atomic E-state index is 0.00968. The normalized spacial score (nSPS) is 43.5. The number of aliphatic hydroxyl groups is 1. The standard InChI is InChI=1S/C30H54O2Si/c1-10-22-12-14-25-24-13-11-23-17-28(32-33(19(2)3,20(4)5)21(6)7)27(31)18-30(23,9)26(24)15-16-29(22,25)8/h11,19-22,24-28,31H,10,12-18H2,1-9H3/t22-,24-,25-,26-,27?,28?,29+,30-/m0/s1. The van der Waals surface area contributed by atoms with Crippen molar-refractivity contribution in [1.29, 1.82) is 0 Å². The van der Waals surface area contributed by atoms with E-state index < -0.39 is 8.32 Å². The second-order valence-electron chi connectivity index (χ2n) is 13.9. The predicted octanol–water partition coefficient (Wildman–Crippen LogP) is 8.51. The highest BCUT2D eigenvalue weighted by atomic mass is 28.4. The molecule has 3 saturated carbocycles. The Bertz CT molecular complexity index is 720. The van der Waals surface area contributed by atoms with Gasteiger partial charge < -0.3 is 9.53 Å². The topological polar surface area (TPSA) is 29.5 Å². The third-order valence-electron chi connectivity index (χ3n) is 11.9. The molecular weight excluding hydrogens is 420 g/mol. The van der Waals surface area contributed by atoms with Crippen LogP contribution in [0.4, 0.5) is 0 Å². The highest BCUT2D eigenvalue weighted by Gasteiger charge is 2.59. The Labute approximate surface area is 206 Å². The van der Waals surface area contributed by atoms with Gasteiger partial charge in [0.15, 0.2) is 0 Å². The second-order valence-corrected chi connectivity index (χ2v) is 19.3. The van der Waals surface area contributed by atoms with Crippen LogP contribution in [0.5, 0.6) is 0 Å². The van der Waals surface area contributed by atoms with E-state index >= 15 is 0 Å². The van der Waals surface area contributed by atoms with Crippen molar-refractivity contribution in [3.63, 3.8) is 0 Å². The lowest BCUT2D eigenvalue weighted by Crippen LogP contribution is -2.57. The molecule has 2 unspecified atom stereocenters. The fourth-order valence-corrected chi connectivity index (χ4v) is 15.8. The van der Waals surface area contributed by atoms with Crippen LogP contribution in [0, 0.1) is 34.5 Å². The molecule has 8 atom stereocenters. The van der Waals surface area contributed by atoms with E-state index in [9.17, 15) is 5.11 Å². The summed E-state index contributed by atoms with van der Waals surface area (Å²) in [4.78, 5) is 0. The van der Waals surface area contributed by atoms with Crippen LogP contribution in [-0.2, 0) is 4.43 Å². The third-order valence-corrected chi connectivity index (χ3v) is 18.0. The Morgan fingerprint density at radius 3 is 2.21 bits per heavy atom. The zero-order chi connectivity index (χ0) is 24.3. The summed E-state index contributed by atoms with van der Waals surface area (Å²) in [5.41, 5.74) is 4.05. The lowest BCUT2D eigenvalue weighted by Gasteiger charge is -2.59. The van der Waals surface area contributed by atoms with Crippen LogP contribution in [0.25, 0.3) is 0 Å². The smallest absolute Gasteiger partial charge is 0.200 e. The molecule has 0 bridgehead atoms. The van der Waals surface area contributed by atoms with Crippen molar-refractivity contribution in [2.75, 3.05) is 0 Å². The quantitative estimate of drug-likeness (QED) is 0.309. The van der Waals surface area contributed by atoms with Crippen molar-refractivity contribution in [1.82, 2.24) is 0 Å². The highest BCUT2D eigenvalue weighted by molar-refractivity contribution is 6.77. The summed E-state index contributed by atoms with van der Waals surface area (Å²) >= 11 is 0. The molecule has 0 saturated heterocycles. The minimum Gasteiger partial charge on any atom is -0.410 e. The first-order chi connectivity index (χ1) is 15.4. The zero-order valence-corrected chi connectivity index (χ0v) is 24.3. The van der Waals surface area contributed by atoms with E-state index in [-0.39, 0.29) is 17.6 Å². The minimum atomic E-state index is -2.00. The third kappa shape index (κ3) is 3.86. The molecule has 33 heavy (non-hydrogen) atoms. The molecule has 0 spiro atoms. The summed E-state index contributed by atoms with van der Waals surface area (Å²) in [6, 6.07) is 0. The van der Waals surface area contributed by atoms with Gasteiger partial charge in [-0.05, 0) is 96.1 Å². The number of aliphatic hydroxyl groups excluding tert-OH is 1. The molecule has 4 rings (SSSR count). The van der Waals surface area contributed by atoms with Gasteiger partial charge in [-0.3, -0.25) is 0 Å². The van der Waals surface area contributed by atoms with E-state index in [0.717, 1.165) is 36.5 Å². The van der Waals surface area contributed by atoms with Gasteiger partial charge in [-0.15, -0.1) is 0 Å². The van der Waals surface area contributed by atoms with Crippen molar-refractivity contribution in [3.8, 4) is 0 Å². The van der Waals surface area contributed by atoms with Crippen LogP contribution in [0.3, 0.4) is 0 Å². The number of rotatable bonds is 6. The van der Waals surface area contributed by atoms with Crippen LogP contribution in [0.15, 0.2) is 11.6 Å². The molecule has 2 nitrogen and oxygen atoms in total. The van der Waals surface area contributed by atoms with Crippen molar-refractivity contribution in [2.45, 2.75) is 143 Å². The van der Waals surface area contributed by atoms with E-state index in [1.54, 1.807) is 5.57 Å². The number of hydrogen-bond donors (Lipinski definition) is 1. The van der Waals surface area contributed by atoms with Gasteiger partial charge in [0, 0.05) is 0 Å². The largest absolute Gasteiger partial charge is 0.410 e. The molecule has 1 N–H and O–H groups in total. The summed E-state index contributed by atoms with van der Waals surface area (Å²) < 4.78 is 7.17. The fraction of sp³-hybridized carbons (Fsp3) is 0.933. The van der Waals surface area contributed by atoms with Gasteiger partial charge in [-0.25, -0.2) is 0 Å². The van der Waals surface area contributed by atoms with Crippen LogP contribution >= 0.6 is 0 Å². The first-order valence-electron chi connectivity index (χ1n) is 14.5. The lowest BCUT2D eigenvalue weighted by atomic mass is 9.47. The highest BCUT2D eigenvalue weighted by Crippen LogP contribution is 2.66. The van der Waals surface area contributed by atoms with Crippen LogP contribution in [0.2, 0.25) is 16.6 Å². The SMILES string of the molecule is CC[C@H]1CC[C@H]2[C@@H]3CC=C4CC(O[Si](C(C)C)(C(C)C)C(C)C)C(O)C[C@]4(C)[C@H]3CC[C@]12C. The Hall–Kier alpha value is -0.123. The molecule has 0 radical (unpaired) electrons. The molecular formula is C30H54O2Si. The molecule has 0 aromatic rings. The molecule has 4 aliphatic rings. The predicted molar refractivity (Wildman–Crippen MR) is 143 cm³/mol. The van der Waals surface area contributed by atoms with Gasteiger partial charge >= 0.3 is 0 Å². The average molecular weight is 475 g/mol. The van der Waals surface area contributed by atoms with Gasteiger partial charge in [0.1, 0.15) is 0 Å². The van der Waals surface area contributed by atoms with Gasteiger partial charge in [0.05, 0.1) is 12.2 Å². The average Bonchev–Trinajstić information content (AvgIpc) is 3.07. The fourth-order valence-electron chi connectivity index (χ4n) is 10.2. The van der Waals surface area contributed by atoms with Crippen molar-refractivity contribution >= 4 is 8.32 Å². The number of hydrogen-bond acceptors (Lipinski definition) is 2. The van der Waals surface area contributed by atoms with Gasteiger partial charge in [0.2, 0.25) is 8.32 Å². The Balaban J connectivity index is 1.59. The molecule has 3 heteroatoms. The van der Waals surface area contributed by atoms with E-state index in [0.29, 0.717) is 22.0 Å². The molecule has 190 valence electrons. The maximum absolute atomic E-state index is 11.6. The molecule has 0 amide bonds. The first-order valence-corrected chi connectivity index (χ1v) is 16.6. The second kappa shape index (κ2) is 9.07. The summed E-state index contributed by atoms with van der Waals surface area (Å²) in [6.45, 7) is 21.7. The van der Waals surface area contributed by atoms with Crippen molar-refractivity contribution in [2.24, 2.45) is 34.5 Å². The monoisotopic (exact) mass is 474 g/mol. The summed E-state index contributed by atoms with van der Waals surface area (Å²) in [5.74, 6) is 3.40. The Morgan fingerprint density at radius 1 is 1.00 bits per heavy atom. The van der Waals surface area contributed by atoms with E-state index in [1.807, 2.05) is 0 Å². The maximum atomic E-state index is 11.6. The first kappa shape index (κ1) is 26.0. The molecule has 0 aromatic heterocycles. The lowest BCUT2D eigenvalue weighted by molar-refractivity contribution is -0.0833. The number of allylic oxidation sites excluding steroid dienone is 1. The summed E-state index contributed by atoms with van der Waals surface area (Å²) in [5, 5.41) is 11.6. The zero-order valence-electron chi connectivity index (χ0n) is 23.3.